The van der Waals surface area contributed by atoms with Gasteiger partial charge in [-0.25, -0.2) is 4.79 Å². The molecule has 1 aliphatic heterocycles. The molecule has 132 valence electrons. The molecule has 0 unspecified atom stereocenters. The molecule has 1 N–H and O–H groups in total. The SMILES string of the molecule is CCOC(=O)N1CCN(C(=O)c2cc(-c3ccc(Br)cc3)n[nH]2)CC1. The predicted molar refractivity (Wildman–Crippen MR) is 96.2 cm³/mol. The number of H-pyrrole nitrogens is 1. The molecule has 0 spiro atoms. The lowest BCUT2D eigenvalue weighted by atomic mass is 10.1. The van der Waals surface area contributed by atoms with Crippen LogP contribution in [0.5, 0.6) is 0 Å². The van der Waals surface area contributed by atoms with Crippen molar-refractivity contribution in [1.29, 1.82) is 0 Å². The first-order valence-corrected chi connectivity index (χ1v) is 8.90. The van der Waals surface area contributed by atoms with Crippen LogP contribution in [0.2, 0.25) is 0 Å². The second-order valence-corrected chi connectivity index (χ2v) is 6.57. The van der Waals surface area contributed by atoms with E-state index in [0.717, 1.165) is 15.7 Å². The zero-order valence-corrected chi connectivity index (χ0v) is 15.5. The Hall–Kier alpha value is -2.35. The molecule has 2 amide bonds. The molecular formula is C17H19BrN4O3. The molecule has 7 nitrogen and oxygen atoms in total. The van der Waals surface area contributed by atoms with Crippen molar-refractivity contribution in [2.45, 2.75) is 6.92 Å². The molecule has 1 saturated heterocycles. The van der Waals surface area contributed by atoms with Gasteiger partial charge in [0.2, 0.25) is 0 Å². The van der Waals surface area contributed by atoms with E-state index in [2.05, 4.69) is 26.1 Å². The smallest absolute Gasteiger partial charge is 0.409 e. The Labute approximate surface area is 154 Å². The number of rotatable bonds is 3. The Morgan fingerprint density at radius 2 is 1.80 bits per heavy atom. The van der Waals surface area contributed by atoms with Crippen LogP contribution in [0.1, 0.15) is 17.4 Å². The van der Waals surface area contributed by atoms with Gasteiger partial charge in [-0.1, -0.05) is 28.1 Å². The minimum Gasteiger partial charge on any atom is -0.450 e. The molecule has 0 saturated carbocycles. The number of hydrogen-bond acceptors (Lipinski definition) is 4. The van der Waals surface area contributed by atoms with Crippen LogP contribution >= 0.6 is 15.9 Å². The first kappa shape index (κ1) is 17.5. The van der Waals surface area contributed by atoms with Gasteiger partial charge < -0.3 is 14.5 Å². The second kappa shape index (κ2) is 7.69. The predicted octanol–water partition coefficient (Wildman–Crippen LogP) is 2.75. The lowest BCUT2D eigenvalue weighted by Crippen LogP contribution is -2.50. The third-order valence-electron chi connectivity index (χ3n) is 4.04. The van der Waals surface area contributed by atoms with Gasteiger partial charge in [-0.15, -0.1) is 0 Å². The number of ether oxygens (including phenoxy) is 1. The Morgan fingerprint density at radius 1 is 1.16 bits per heavy atom. The van der Waals surface area contributed by atoms with Gasteiger partial charge in [0.25, 0.3) is 5.91 Å². The summed E-state index contributed by atoms with van der Waals surface area (Å²) in [4.78, 5) is 27.7. The molecule has 1 aromatic heterocycles. The minimum absolute atomic E-state index is 0.112. The fraction of sp³-hybridized carbons (Fsp3) is 0.353. The summed E-state index contributed by atoms with van der Waals surface area (Å²) in [6, 6.07) is 9.49. The number of nitrogens with zero attached hydrogens (tertiary/aromatic N) is 3. The summed E-state index contributed by atoms with van der Waals surface area (Å²) in [5.74, 6) is -0.112. The van der Waals surface area contributed by atoms with E-state index in [4.69, 9.17) is 4.74 Å². The minimum atomic E-state index is -0.325. The van der Waals surface area contributed by atoms with Gasteiger partial charge in [-0.05, 0) is 25.1 Å². The highest BCUT2D eigenvalue weighted by Gasteiger charge is 2.26. The summed E-state index contributed by atoms with van der Waals surface area (Å²) >= 11 is 3.40. The van der Waals surface area contributed by atoms with Gasteiger partial charge in [-0.3, -0.25) is 9.89 Å². The average Bonchev–Trinajstić information content (AvgIpc) is 3.12. The number of amides is 2. The third kappa shape index (κ3) is 4.01. The summed E-state index contributed by atoms with van der Waals surface area (Å²) < 4.78 is 5.97. The Morgan fingerprint density at radius 3 is 2.44 bits per heavy atom. The highest BCUT2D eigenvalue weighted by Crippen LogP contribution is 2.21. The highest BCUT2D eigenvalue weighted by atomic mass is 79.9. The second-order valence-electron chi connectivity index (χ2n) is 5.65. The first-order chi connectivity index (χ1) is 12.1. The fourth-order valence-corrected chi connectivity index (χ4v) is 2.94. The molecule has 0 radical (unpaired) electrons. The van der Waals surface area contributed by atoms with Gasteiger partial charge in [-0.2, -0.15) is 5.10 Å². The maximum atomic E-state index is 12.6. The molecule has 2 heterocycles. The Balaban J connectivity index is 1.63. The zero-order chi connectivity index (χ0) is 17.8. The van der Waals surface area contributed by atoms with Crippen LogP contribution in [0, 0.1) is 0 Å². The zero-order valence-electron chi connectivity index (χ0n) is 13.9. The molecule has 0 aliphatic carbocycles. The summed E-state index contributed by atoms with van der Waals surface area (Å²) in [5, 5.41) is 7.04. The van der Waals surface area contributed by atoms with Crippen LogP contribution in [-0.4, -0.2) is 64.8 Å². The number of halogens is 1. The summed E-state index contributed by atoms with van der Waals surface area (Å²) in [6.07, 6.45) is -0.325. The molecule has 0 bridgehead atoms. The van der Waals surface area contributed by atoms with Gasteiger partial charge in [0.05, 0.1) is 12.3 Å². The number of piperazine rings is 1. The van der Waals surface area contributed by atoms with Crippen molar-refractivity contribution in [2.75, 3.05) is 32.8 Å². The maximum Gasteiger partial charge on any atom is 0.409 e. The van der Waals surface area contributed by atoms with E-state index in [9.17, 15) is 9.59 Å². The lowest BCUT2D eigenvalue weighted by molar-refractivity contribution is 0.0566. The van der Waals surface area contributed by atoms with Crippen molar-refractivity contribution in [1.82, 2.24) is 20.0 Å². The van der Waals surface area contributed by atoms with E-state index >= 15 is 0 Å². The number of aromatic nitrogens is 2. The molecule has 1 aliphatic rings. The topological polar surface area (TPSA) is 78.5 Å². The molecular weight excluding hydrogens is 388 g/mol. The van der Waals surface area contributed by atoms with E-state index in [0.29, 0.717) is 38.5 Å². The number of carbonyl (C=O) groups is 2. The Bertz CT molecular complexity index is 752. The van der Waals surface area contributed by atoms with Crippen molar-refractivity contribution < 1.29 is 14.3 Å². The van der Waals surface area contributed by atoms with Gasteiger partial charge in [0.1, 0.15) is 5.69 Å². The molecule has 0 atom stereocenters. The number of hydrogen-bond donors (Lipinski definition) is 1. The molecule has 2 aromatic rings. The summed E-state index contributed by atoms with van der Waals surface area (Å²) in [7, 11) is 0. The standard InChI is InChI=1S/C17H19BrN4O3/c1-2-25-17(24)22-9-7-21(8-10-22)16(23)15-11-14(19-20-15)12-3-5-13(18)6-4-12/h3-6,11H,2,7-10H2,1H3,(H,19,20). The highest BCUT2D eigenvalue weighted by molar-refractivity contribution is 9.10. The number of carbonyl (C=O) groups excluding carboxylic acids is 2. The van der Waals surface area contributed by atoms with Crippen LogP contribution in [0.3, 0.4) is 0 Å². The van der Waals surface area contributed by atoms with E-state index in [-0.39, 0.29) is 12.0 Å². The van der Waals surface area contributed by atoms with Crippen molar-refractivity contribution in [3.63, 3.8) is 0 Å². The van der Waals surface area contributed by atoms with Gasteiger partial charge in [0, 0.05) is 36.2 Å². The van der Waals surface area contributed by atoms with Crippen molar-refractivity contribution in [3.05, 3.63) is 40.5 Å². The lowest BCUT2D eigenvalue weighted by Gasteiger charge is -2.33. The van der Waals surface area contributed by atoms with Crippen molar-refractivity contribution >= 4 is 27.9 Å². The number of aromatic amines is 1. The monoisotopic (exact) mass is 406 g/mol. The van der Waals surface area contributed by atoms with Crippen molar-refractivity contribution in [3.8, 4) is 11.3 Å². The number of nitrogens with one attached hydrogen (secondary N) is 1. The van der Waals surface area contributed by atoms with Crippen LogP contribution < -0.4 is 0 Å². The maximum absolute atomic E-state index is 12.6. The summed E-state index contributed by atoms with van der Waals surface area (Å²) in [6.45, 7) is 4.02. The molecule has 8 heteroatoms. The average molecular weight is 407 g/mol. The quantitative estimate of drug-likeness (QED) is 0.849. The molecule has 3 rings (SSSR count). The molecule has 25 heavy (non-hydrogen) atoms. The third-order valence-corrected chi connectivity index (χ3v) is 4.57. The molecule has 1 fully saturated rings. The normalized spacial score (nSPS) is 14.5. The Kier molecular flexibility index (Phi) is 5.37. The number of benzene rings is 1. The molecule has 1 aromatic carbocycles. The van der Waals surface area contributed by atoms with Crippen LogP contribution in [0.4, 0.5) is 4.79 Å². The van der Waals surface area contributed by atoms with E-state index in [1.807, 2.05) is 24.3 Å². The van der Waals surface area contributed by atoms with Gasteiger partial charge in [0.15, 0.2) is 0 Å². The first-order valence-electron chi connectivity index (χ1n) is 8.11. The fourth-order valence-electron chi connectivity index (χ4n) is 2.68. The van der Waals surface area contributed by atoms with E-state index in [1.54, 1.807) is 22.8 Å². The van der Waals surface area contributed by atoms with Crippen molar-refractivity contribution in [2.24, 2.45) is 0 Å². The summed E-state index contributed by atoms with van der Waals surface area (Å²) in [5.41, 5.74) is 2.11. The van der Waals surface area contributed by atoms with E-state index in [1.165, 1.54) is 0 Å². The van der Waals surface area contributed by atoms with Crippen LogP contribution in [-0.2, 0) is 4.74 Å². The van der Waals surface area contributed by atoms with Crippen LogP contribution in [0.15, 0.2) is 34.8 Å². The van der Waals surface area contributed by atoms with Gasteiger partial charge >= 0.3 is 6.09 Å². The van der Waals surface area contributed by atoms with E-state index < -0.39 is 0 Å². The van der Waals surface area contributed by atoms with Crippen LogP contribution in [0.25, 0.3) is 11.3 Å². The largest absolute Gasteiger partial charge is 0.450 e.